The van der Waals surface area contributed by atoms with Gasteiger partial charge in [-0.2, -0.15) is 0 Å². The minimum absolute atomic E-state index is 0.0457. The van der Waals surface area contributed by atoms with Crippen molar-refractivity contribution in [2.24, 2.45) is 0 Å². The van der Waals surface area contributed by atoms with Crippen molar-refractivity contribution in [3.8, 4) is 5.75 Å². The molecule has 20 heavy (non-hydrogen) atoms. The predicted molar refractivity (Wildman–Crippen MR) is 84.3 cm³/mol. The summed E-state index contributed by atoms with van der Waals surface area (Å²) in [4.78, 5) is 12.1. The molecule has 0 aliphatic rings. The fraction of sp³-hybridized carbons (Fsp3) is 0.188. The van der Waals surface area contributed by atoms with Gasteiger partial charge in [-0.15, -0.1) is 0 Å². The van der Waals surface area contributed by atoms with Crippen molar-refractivity contribution < 1.29 is 9.90 Å². The van der Waals surface area contributed by atoms with Crippen LogP contribution in [0.3, 0.4) is 0 Å². The highest BCUT2D eigenvalue weighted by Gasteiger charge is 2.11. The second kappa shape index (κ2) is 6.09. The topological polar surface area (TPSA) is 49.3 Å². The minimum atomic E-state index is -0.327. The number of carbonyl (C=O) groups is 1. The average molecular weight is 334 g/mol. The third-order valence-corrected chi connectivity index (χ3v) is 3.53. The fourth-order valence-corrected chi connectivity index (χ4v) is 2.20. The zero-order valence-electron chi connectivity index (χ0n) is 11.4. The monoisotopic (exact) mass is 333 g/mol. The average Bonchev–Trinajstić information content (AvgIpc) is 2.39. The number of carbonyl (C=O) groups excluding carboxylic acids is 1. The molecule has 2 N–H and O–H groups in total. The number of anilines is 1. The van der Waals surface area contributed by atoms with Crippen LogP contribution in [0.25, 0.3) is 0 Å². The first-order chi connectivity index (χ1) is 9.47. The molecule has 0 aromatic heterocycles. The molecule has 0 saturated carbocycles. The van der Waals surface area contributed by atoms with Crippen molar-refractivity contribution in [3.63, 3.8) is 0 Å². The Bertz CT molecular complexity index is 621. The first-order valence-corrected chi connectivity index (χ1v) is 7.16. The van der Waals surface area contributed by atoms with Crippen molar-refractivity contribution in [2.75, 3.05) is 5.32 Å². The summed E-state index contributed by atoms with van der Waals surface area (Å²) >= 11 is 3.24. The van der Waals surface area contributed by atoms with Crippen molar-refractivity contribution in [2.45, 2.75) is 19.8 Å². The Morgan fingerprint density at radius 1 is 1.15 bits per heavy atom. The third-order valence-electron chi connectivity index (χ3n) is 3.04. The summed E-state index contributed by atoms with van der Waals surface area (Å²) in [6.45, 7) is 4.24. The molecule has 2 aromatic carbocycles. The SMILES string of the molecule is CC(C)c1ccc(NC(=O)c2ccc(Br)cc2O)cc1. The Morgan fingerprint density at radius 3 is 2.35 bits per heavy atom. The standard InChI is InChI=1S/C16H16BrNO2/c1-10(2)11-3-6-13(7-4-11)18-16(20)14-8-5-12(17)9-15(14)19/h3-10,19H,1-2H3,(H,18,20). The first-order valence-electron chi connectivity index (χ1n) is 6.37. The summed E-state index contributed by atoms with van der Waals surface area (Å²) in [7, 11) is 0. The number of benzene rings is 2. The molecule has 2 aromatic rings. The zero-order valence-corrected chi connectivity index (χ0v) is 12.9. The van der Waals surface area contributed by atoms with Crippen LogP contribution >= 0.6 is 15.9 Å². The summed E-state index contributed by atoms with van der Waals surface area (Å²) in [6, 6.07) is 12.5. The maximum absolute atomic E-state index is 12.1. The Morgan fingerprint density at radius 2 is 1.80 bits per heavy atom. The Hall–Kier alpha value is -1.81. The van der Waals surface area contributed by atoms with Crippen LogP contribution in [0.4, 0.5) is 5.69 Å². The number of rotatable bonds is 3. The summed E-state index contributed by atoms with van der Waals surface area (Å²) in [5.41, 5.74) is 2.18. The number of phenols is 1. The Labute approximate surface area is 126 Å². The second-order valence-corrected chi connectivity index (χ2v) is 5.81. The van der Waals surface area contributed by atoms with Gasteiger partial charge >= 0.3 is 0 Å². The zero-order chi connectivity index (χ0) is 14.7. The van der Waals surface area contributed by atoms with E-state index in [-0.39, 0.29) is 17.2 Å². The number of nitrogens with one attached hydrogen (secondary N) is 1. The van der Waals surface area contributed by atoms with Crippen molar-refractivity contribution in [1.82, 2.24) is 0 Å². The summed E-state index contributed by atoms with van der Waals surface area (Å²) in [5.74, 6) is 0.0817. The molecule has 0 heterocycles. The van der Waals surface area contributed by atoms with Gasteiger partial charge in [0, 0.05) is 10.2 Å². The molecule has 0 fully saturated rings. The van der Waals surface area contributed by atoms with E-state index in [0.29, 0.717) is 11.6 Å². The lowest BCUT2D eigenvalue weighted by Gasteiger charge is -2.09. The van der Waals surface area contributed by atoms with Crippen LogP contribution in [0.2, 0.25) is 0 Å². The lowest BCUT2D eigenvalue weighted by atomic mass is 10.0. The van der Waals surface area contributed by atoms with Gasteiger partial charge in [-0.3, -0.25) is 4.79 Å². The maximum Gasteiger partial charge on any atom is 0.259 e. The van der Waals surface area contributed by atoms with Crippen LogP contribution in [0.5, 0.6) is 5.75 Å². The molecule has 0 atom stereocenters. The number of phenolic OH excluding ortho intramolecular Hbond substituents is 1. The largest absolute Gasteiger partial charge is 0.507 e. The van der Waals surface area contributed by atoms with E-state index in [1.54, 1.807) is 12.1 Å². The lowest BCUT2D eigenvalue weighted by molar-refractivity contribution is 0.102. The molecular weight excluding hydrogens is 318 g/mol. The van der Waals surface area contributed by atoms with Crippen LogP contribution < -0.4 is 5.32 Å². The molecule has 104 valence electrons. The molecule has 4 heteroatoms. The van der Waals surface area contributed by atoms with Crippen molar-refractivity contribution in [1.29, 1.82) is 0 Å². The van der Waals surface area contributed by atoms with E-state index < -0.39 is 0 Å². The lowest BCUT2D eigenvalue weighted by Crippen LogP contribution is -2.12. The molecule has 3 nitrogen and oxygen atoms in total. The molecule has 0 aliphatic carbocycles. The Kier molecular flexibility index (Phi) is 4.45. The van der Waals surface area contributed by atoms with Crippen LogP contribution in [0, 0.1) is 0 Å². The highest BCUT2D eigenvalue weighted by molar-refractivity contribution is 9.10. The van der Waals surface area contributed by atoms with Gasteiger partial charge in [0.15, 0.2) is 0 Å². The van der Waals surface area contributed by atoms with Gasteiger partial charge in [0.25, 0.3) is 5.91 Å². The van der Waals surface area contributed by atoms with E-state index >= 15 is 0 Å². The maximum atomic E-state index is 12.1. The molecule has 0 unspecified atom stereocenters. The molecule has 0 radical (unpaired) electrons. The highest BCUT2D eigenvalue weighted by Crippen LogP contribution is 2.24. The van der Waals surface area contributed by atoms with E-state index in [0.717, 1.165) is 4.47 Å². The fourth-order valence-electron chi connectivity index (χ4n) is 1.85. The van der Waals surface area contributed by atoms with E-state index in [9.17, 15) is 9.90 Å². The van der Waals surface area contributed by atoms with Crippen LogP contribution in [-0.4, -0.2) is 11.0 Å². The van der Waals surface area contributed by atoms with Gasteiger partial charge in [-0.05, 0) is 41.8 Å². The molecule has 0 saturated heterocycles. The summed E-state index contributed by atoms with van der Waals surface area (Å²) in [5, 5.41) is 12.5. The van der Waals surface area contributed by atoms with Crippen molar-refractivity contribution >= 4 is 27.5 Å². The summed E-state index contributed by atoms with van der Waals surface area (Å²) in [6.07, 6.45) is 0. The van der Waals surface area contributed by atoms with Crippen LogP contribution in [0.15, 0.2) is 46.9 Å². The van der Waals surface area contributed by atoms with Gasteiger partial charge in [-0.1, -0.05) is 41.9 Å². The van der Waals surface area contributed by atoms with Gasteiger partial charge < -0.3 is 10.4 Å². The highest BCUT2D eigenvalue weighted by atomic mass is 79.9. The van der Waals surface area contributed by atoms with Crippen LogP contribution in [0.1, 0.15) is 35.7 Å². The number of aromatic hydroxyl groups is 1. The van der Waals surface area contributed by atoms with Crippen molar-refractivity contribution in [3.05, 3.63) is 58.1 Å². The van der Waals surface area contributed by atoms with E-state index in [2.05, 4.69) is 35.1 Å². The number of hydrogen-bond donors (Lipinski definition) is 2. The quantitative estimate of drug-likeness (QED) is 0.866. The third kappa shape index (κ3) is 3.39. The molecule has 0 bridgehead atoms. The molecule has 0 aliphatic heterocycles. The first kappa shape index (κ1) is 14.6. The molecule has 1 amide bonds. The number of amides is 1. The van der Waals surface area contributed by atoms with Gasteiger partial charge in [0.1, 0.15) is 5.75 Å². The van der Waals surface area contributed by atoms with E-state index in [1.807, 2.05) is 24.3 Å². The second-order valence-electron chi connectivity index (χ2n) is 4.89. The van der Waals surface area contributed by atoms with E-state index in [1.165, 1.54) is 11.6 Å². The smallest absolute Gasteiger partial charge is 0.259 e. The van der Waals surface area contributed by atoms with Gasteiger partial charge in [0.2, 0.25) is 0 Å². The molecule has 0 spiro atoms. The number of hydrogen-bond acceptors (Lipinski definition) is 2. The van der Waals surface area contributed by atoms with Crippen LogP contribution in [-0.2, 0) is 0 Å². The summed E-state index contributed by atoms with van der Waals surface area (Å²) < 4.78 is 0.729. The molecular formula is C16H16BrNO2. The minimum Gasteiger partial charge on any atom is -0.507 e. The Balaban J connectivity index is 2.15. The van der Waals surface area contributed by atoms with Gasteiger partial charge in [-0.25, -0.2) is 0 Å². The normalized spacial score (nSPS) is 10.6. The molecule has 2 rings (SSSR count). The van der Waals surface area contributed by atoms with Gasteiger partial charge in [0.05, 0.1) is 5.56 Å². The van der Waals surface area contributed by atoms with E-state index in [4.69, 9.17) is 0 Å². The predicted octanol–water partition coefficient (Wildman–Crippen LogP) is 4.53. The number of halogens is 1.